The Balaban J connectivity index is 1.36. The van der Waals surface area contributed by atoms with E-state index in [1.165, 1.54) is 11.8 Å². The molecule has 5 rings (SSSR count). The number of fused-ring (bicyclic) bond motifs is 1. The van der Waals surface area contributed by atoms with Gasteiger partial charge in [-0.05, 0) is 43.9 Å². The van der Waals surface area contributed by atoms with Crippen LogP contribution in [0.3, 0.4) is 0 Å². The summed E-state index contributed by atoms with van der Waals surface area (Å²) in [5.74, 6) is 0.0568. The molecule has 3 aromatic rings. The first-order valence-corrected chi connectivity index (χ1v) is 12.1. The van der Waals surface area contributed by atoms with Crippen LogP contribution in [0.2, 0.25) is 5.02 Å². The first kappa shape index (κ1) is 23.0. The maximum Gasteiger partial charge on any atom is 0.183 e. The summed E-state index contributed by atoms with van der Waals surface area (Å²) in [7, 11) is 0. The maximum absolute atomic E-state index is 14.7. The zero-order valence-corrected chi connectivity index (χ0v) is 19.6. The van der Waals surface area contributed by atoms with Crippen molar-refractivity contribution >= 4 is 28.5 Å². The molecule has 9 heteroatoms. The molecule has 3 N–H and O–H groups in total. The highest BCUT2D eigenvalue weighted by molar-refractivity contribution is 6.31. The summed E-state index contributed by atoms with van der Waals surface area (Å²) in [4.78, 5) is 18.4. The first-order chi connectivity index (χ1) is 16.6. The molecular weight excluding hydrogens is 455 g/mol. The quantitative estimate of drug-likeness (QED) is 0.451. The molecule has 0 aromatic carbocycles. The molecule has 0 saturated carbocycles. The lowest BCUT2D eigenvalue weighted by molar-refractivity contribution is 0.0816. The average Bonchev–Trinajstić information content (AvgIpc) is 3.28. The molecule has 0 amide bonds. The van der Waals surface area contributed by atoms with Crippen LogP contribution in [0.4, 0.5) is 10.2 Å². The highest BCUT2D eigenvalue weighted by Crippen LogP contribution is 2.29. The molecule has 1 aliphatic heterocycles. The average molecular weight is 483 g/mol. The van der Waals surface area contributed by atoms with E-state index in [-0.39, 0.29) is 24.5 Å². The zero-order chi connectivity index (χ0) is 23.5. The van der Waals surface area contributed by atoms with Crippen LogP contribution in [-0.4, -0.2) is 61.7 Å². The summed E-state index contributed by atoms with van der Waals surface area (Å²) >= 11 is 6.11. The van der Waals surface area contributed by atoms with Crippen molar-refractivity contribution in [2.45, 2.75) is 44.2 Å². The topological polar surface area (TPSA) is 90.0 Å². The van der Waals surface area contributed by atoms with E-state index in [0.717, 1.165) is 44.0 Å². The van der Waals surface area contributed by atoms with E-state index in [2.05, 4.69) is 48.4 Å². The van der Waals surface area contributed by atoms with E-state index in [1.807, 2.05) is 0 Å². The third-order valence-corrected chi connectivity index (χ3v) is 6.85. The minimum absolute atomic E-state index is 0.0436. The molecule has 2 atom stereocenters. The second kappa shape index (κ2) is 10.2. The van der Waals surface area contributed by atoms with Crippen molar-refractivity contribution < 1.29 is 9.50 Å². The third-order valence-electron chi connectivity index (χ3n) is 6.64. The number of aliphatic hydroxyl groups excluding tert-OH is 1. The summed E-state index contributed by atoms with van der Waals surface area (Å²) in [5.41, 5.74) is 2.55. The van der Waals surface area contributed by atoms with Crippen LogP contribution in [0, 0.1) is 5.82 Å². The Morgan fingerprint density at radius 3 is 3.00 bits per heavy atom. The molecule has 7 nitrogen and oxygen atoms in total. The number of aromatic nitrogens is 4. The maximum atomic E-state index is 14.7. The number of H-pyrrole nitrogens is 1. The molecule has 2 aliphatic rings. The molecule has 34 heavy (non-hydrogen) atoms. The fraction of sp³-hybridized carbons (Fsp3) is 0.400. The number of piperidine rings is 1. The predicted molar refractivity (Wildman–Crippen MR) is 132 cm³/mol. The van der Waals surface area contributed by atoms with E-state index < -0.39 is 5.82 Å². The van der Waals surface area contributed by atoms with Crippen LogP contribution in [0.1, 0.15) is 32.1 Å². The molecule has 0 spiro atoms. The molecular formula is C25H28ClFN6O. The highest BCUT2D eigenvalue weighted by atomic mass is 35.5. The van der Waals surface area contributed by atoms with E-state index in [4.69, 9.17) is 11.6 Å². The van der Waals surface area contributed by atoms with Crippen molar-refractivity contribution in [3.05, 3.63) is 59.3 Å². The lowest BCUT2D eigenvalue weighted by Crippen LogP contribution is -2.51. The van der Waals surface area contributed by atoms with E-state index >= 15 is 0 Å². The second-order valence-electron chi connectivity index (χ2n) is 8.79. The number of hydrogen-bond donors (Lipinski definition) is 3. The molecule has 4 heterocycles. The summed E-state index contributed by atoms with van der Waals surface area (Å²) < 4.78 is 14.7. The lowest BCUT2D eigenvalue weighted by atomic mass is 9.94. The van der Waals surface area contributed by atoms with E-state index in [0.29, 0.717) is 28.6 Å². The molecule has 178 valence electrons. The van der Waals surface area contributed by atoms with Crippen LogP contribution < -0.4 is 5.32 Å². The summed E-state index contributed by atoms with van der Waals surface area (Å²) in [6, 6.07) is 1.91. The monoisotopic (exact) mass is 482 g/mol. The standard InChI is InChI=1S/C25H28ClFN6O/c26-17-10-19-20(13-30-23(19)28-11-17)24-31-14-21(27)25(32-24)29-12-18-8-4-5-9-33(18)22(15-34)16-6-2-1-3-7-16/h2,6-7,10-11,13-14,18,22,34H,1,3-5,8-9,12,15H2,(H,28,30)(H,29,31,32)/t18-,22-/m1/s1. The van der Waals surface area contributed by atoms with Crippen molar-refractivity contribution in [2.24, 2.45) is 0 Å². The summed E-state index contributed by atoms with van der Waals surface area (Å²) in [6.07, 6.45) is 16.2. The Hall–Kier alpha value is -2.81. The number of rotatable bonds is 7. The zero-order valence-electron chi connectivity index (χ0n) is 18.8. The molecule has 0 bridgehead atoms. The molecule has 1 fully saturated rings. The van der Waals surface area contributed by atoms with Gasteiger partial charge in [-0.25, -0.2) is 19.3 Å². The smallest absolute Gasteiger partial charge is 0.183 e. The van der Waals surface area contributed by atoms with Crippen LogP contribution in [0.15, 0.2) is 48.5 Å². The number of nitrogens with one attached hydrogen (secondary N) is 2. The van der Waals surface area contributed by atoms with Crippen molar-refractivity contribution in [1.82, 2.24) is 24.8 Å². The number of aliphatic hydroxyl groups is 1. The van der Waals surface area contributed by atoms with Crippen LogP contribution >= 0.6 is 11.6 Å². The largest absolute Gasteiger partial charge is 0.394 e. The minimum atomic E-state index is -0.501. The fourth-order valence-electron chi connectivity index (χ4n) is 4.93. The molecule has 3 aromatic heterocycles. The van der Waals surface area contributed by atoms with Gasteiger partial charge in [-0.2, -0.15) is 0 Å². The number of nitrogens with zero attached hydrogens (tertiary/aromatic N) is 4. The van der Waals surface area contributed by atoms with Gasteiger partial charge < -0.3 is 15.4 Å². The van der Waals surface area contributed by atoms with Crippen molar-refractivity contribution in [3.63, 3.8) is 0 Å². The summed E-state index contributed by atoms with van der Waals surface area (Å²) in [5, 5.41) is 14.7. The predicted octanol–water partition coefficient (Wildman–Crippen LogP) is 4.72. The third kappa shape index (κ3) is 4.71. The fourth-order valence-corrected chi connectivity index (χ4v) is 5.09. The number of pyridine rings is 1. The van der Waals surface area contributed by atoms with Gasteiger partial charge >= 0.3 is 0 Å². The van der Waals surface area contributed by atoms with Crippen molar-refractivity contribution in [3.8, 4) is 11.4 Å². The Morgan fingerprint density at radius 2 is 2.18 bits per heavy atom. The van der Waals surface area contributed by atoms with Crippen LogP contribution in [-0.2, 0) is 0 Å². The lowest BCUT2D eigenvalue weighted by Gasteiger charge is -2.41. The van der Waals surface area contributed by atoms with Gasteiger partial charge in [0.1, 0.15) is 5.65 Å². The van der Waals surface area contributed by atoms with Crippen LogP contribution in [0.5, 0.6) is 0 Å². The Labute approximate surface area is 202 Å². The van der Waals surface area contributed by atoms with Gasteiger partial charge in [0.25, 0.3) is 0 Å². The molecule has 0 unspecified atom stereocenters. The van der Waals surface area contributed by atoms with Gasteiger partial charge in [0, 0.05) is 35.9 Å². The normalized spacial score (nSPS) is 19.9. The van der Waals surface area contributed by atoms with Gasteiger partial charge in [-0.1, -0.05) is 36.2 Å². The van der Waals surface area contributed by atoms with Crippen molar-refractivity contribution in [1.29, 1.82) is 0 Å². The SMILES string of the molecule is OC[C@H](C1=CCCC=C1)N1CCCC[C@@H]1CNc1nc(-c2c[nH]c3ncc(Cl)cc23)ncc1F. The Morgan fingerprint density at radius 1 is 1.26 bits per heavy atom. The van der Waals surface area contributed by atoms with Crippen molar-refractivity contribution in [2.75, 3.05) is 25.0 Å². The van der Waals surface area contributed by atoms with E-state index in [9.17, 15) is 9.50 Å². The Bertz CT molecular complexity index is 1230. The Kier molecular flexibility index (Phi) is 6.89. The van der Waals surface area contributed by atoms with Gasteiger partial charge in [0.2, 0.25) is 0 Å². The number of halogens is 2. The number of anilines is 1. The van der Waals surface area contributed by atoms with Gasteiger partial charge in [-0.3, -0.25) is 4.90 Å². The minimum Gasteiger partial charge on any atom is -0.394 e. The summed E-state index contributed by atoms with van der Waals surface area (Å²) in [6.45, 7) is 1.50. The number of hydrogen-bond acceptors (Lipinski definition) is 6. The molecule has 0 radical (unpaired) electrons. The van der Waals surface area contributed by atoms with Gasteiger partial charge in [0.15, 0.2) is 17.5 Å². The number of allylic oxidation sites excluding steroid dienone is 2. The second-order valence-corrected chi connectivity index (χ2v) is 9.23. The van der Waals surface area contributed by atoms with Gasteiger partial charge in [0.05, 0.1) is 23.9 Å². The van der Waals surface area contributed by atoms with Gasteiger partial charge in [-0.15, -0.1) is 0 Å². The van der Waals surface area contributed by atoms with Crippen LogP contribution in [0.25, 0.3) is 22.4 Å². The highest BCUT2D eigenvalue weighted by Gasteiger charge is 2.30. The molecule has 1 aliphatic carbocycles. The molecule has 1 saturated heterocycles. The van der Waals surface area contributed by atoms with E-state index in [1.54, 1.807) is 18.5 Å². The first-order valence-electron chi connectivity index (χ1n) is 11.8. The number of aromatic amines is 1. The number of likely N-dealkylation sites (tertiary alicyclic amines) is 1.